The molecule has 0 bridgehead atoms. The predicted octanol–water partition coefficient (Wildman–Crippen LogP) is 3.47. The van der Waals surface area contributed by atoms with Crippen LogP contribution in [0.1, 0.15) is 57.4 Å². The number of hydrogen-bond acceptors (Lipinski definition) is 3. The Hall–Kier alpha value is -2.10. The van der Waals surface area contributed by atoms with Gasteiger partial charge in [-0.15, -0.1) is 0 Å². The van der Waals surface area contributed by atoms with Crippen LogP contribution in [-0.4, -0.2) is 17.8 Å². The first-order chi connectivity index (χ1) is 11.1. The number of nitrogens with one attached hydrogen (secondary N) is 1. The van der Waals surface area contributed by atoms with Crippen LogP contribution in [0.4, 0.5) is 0 Å². The van der Waals surface area contributed by atoms with Crippen LogP contribution in [0.5, 0.6) is 5.75 Å². The third-order valence-corrected chi connectivity index (χ3v) is 4.68. The summed E-state index contributed by atoms with van der Waals surface area (Å²) in [5, 5.41) is 2.89. The summed E-state index contributed by atoms with van der Waals surface area (Å²) >= 11 is 0. The van der Waals surface area contributed by atoms with E-state index in [4.69, 9.17) is 4.74 Å². The van der Waals surface area contributed by atoms with Gasteiger partial charge in [-0.25, -0.2) is 0 Å². The highest BCUT2D eigenvalue weighted by molar-refractivity contribution is 6.01. The molecule has 122 valence electrons. The van der Waals surface area contributed by atoms with Crippen molar-refractivity contribution in [2.75, 3.05) is 0 Å². The van der Waals surface area contributed by atoms with Crippen molar-refractivity contribution in [3.63, 3.8) is 0 Å². The predicted molar refractivity (Wildman–Crippen MR) is 88.2 cm³/mol. The van der Waals surface area contributed by atoms with Gasteiger partial charge in [-0.2, -0.15) is 0 Å². The highest BCUT2D eigenvalue weighted by atomic mass is 16.5. The smallest absolute Gasteiger partial charge is 0.225 e. The highest BCUT2D eigenvalue weighted by Crippen LogP contribution is 2.38. The summed E-state index contributed by atoms with van der Waals surface area (Å²) in [4.78, 5) is 24.3. The fourth-order valence-electron chi connectivity index (χ4n) is 3.28. The zero-order valence-corrected chi connectivity index (χ0v) is 13.7. The van der Waals surface area contributed by atoms with E-state index >= 15 is 0 Å². The van der Waals surface area contributed by atoms with Crippen LogP contribution in [0, 0.1) is 0 Å². The van der Waals surface area contributed by atoms with Gasteiger partial charge in [0.15, 0.2) is 5.78 Å². The number of benzene rings is 1. The molecule has 0 unspecified atom stereocenters. The molecule has 1 heterocycles. The topological polar surface area (TPSA) is 55.4 Å². The molecule has 2 atom stereocenters. The molecule has 0 aromatic heterocycles. The minimum absolute atomic E-state index is 0.00313. The van der Waals surface area contributed by atoms with E-state index in [1.807, 2.05) is 31.2 Å². The maximum atomic E-state index is 12.3. The molecule has 4 heteroatoms. The number of ketones is 1. The summed E-state index contributed by atoms with van der Waals surface area (Å²) in [6, 6.07) is 7.82. The second-order valence-corrected chi connectivity index (χ2v) is 6.38. The molecule has 0 radical (unpaired) electrons. The maximum absolute atomic E-state index is 12.3. The van der Waals surface area contributed by atoms with Crippen molar-refractivity contribution in [1.29, 1.82) is 0 Å². The van der Waals surface area contributed by atoms with E-state index in [-0.39, 0.29) is 23.7 Å². The summed E-state index contributed by atoms with van der Waals surface area (Å²) < 4.78 is 5.80. The van der Waals surface area contributed by atoms with Gasteiger partial charge in [-0.1, -0.05) is 19.1 Å². The van der Waals surface area contributed by atoms with E-state index in [9.17, 15) is 9.59 Å². The second-order valence-electron chi connectivity index (χ2n) is 6.38. The first-order valence-corrected chi connectivity index (χ1v) is 8.41. The SMILES string of the molecule is CC[C@@H](C)Oc1ccc([C@@H]2CC(=O)NC3=C2C(=O)CCC3)cc1. The van der Waals surface area contributed by atoms with E-state index in [2.05, 4.69) is 12.2 Å². The lowest BCUT2D eigenvalue weighted by Gasteiger charge is -2.31. The van der Waals surface area contributed by atoms with Gasteiger partial charge < -0.3 is 10.1 Å². The Morgan fingerprint density at radius 3 is 2.65 bits per heavy atom. The molecule has 0 spiro atoms. The van der Waals surface area contributed by atoms with Crippen molar-refractivity contribution in [3.05, 3.63) is 41.1 Å². The molecule has 1 aliphatic carbocycles. The van der Waals surface area contributed by atoms with Gasteiger partial charge in [0.25, 0.3) is 0 Å². The average molecular weight is 313 g/mol. The van der Waals surface area contributed by atoms with E-state index in [1.165, 1.54) is 0 Å². The van der Waals surface area contributed by atoms with E-state index in [0.29, 0.717) is 12.8 Å². The average Bonchev–Trinajstić information content (AvgIpc) is 2.54. The van der Waals surface area contributed by atoms with Gasteiger partial charge in [0.05, 0.1) is 6.10 Å². The van der Waals surface area contributed by atoms with E-state index in [0.717, 1.165) is 41.8 Å². The third kappa shape index (κ3) is 3.31. The Kier molecular flexibility index (Phi) is 4.51. The summed E-state index contributed by atoms with van der Waals surface area (Å²) in [6.07, 6.45) is 3.67. The Morgan fingerprint density at radius 1 is 1.22 bits per heavy atom. The van der Waals surface area contributed by atoms with Crippen LogP contribution in [-0.2, 0) is 9.59 Å². The molecule has 1 amide bonds. The van der Waals surface area contributed by atoms with Gasteiger partial charge in [-0.05, 0) is 43.9 Å². The molecule has 1 aromatic carbocycles. The summed E-state index contributed by atoms with van der Waals surface area (Å²) in [5.41, 5.74) is 2.66. The number of carbonyl (C=O) groups is 2. The Morgan fingerprint density at radius 2 is 1.96 bits per heavy atom. The highest BCUT2D eigenvalue weighted by Gasteiger charge is 2.34. The fraction of sp³-hybridized carbons (Fsp3) is 0.474. The minimum Gasteiger partial charge on any atom is -0.491 e. The largest absolute Gasteiger partial charge is 0.491 e. The second kappa shape index (κ2) is 6.57. The van der Waals surface area contributed by atoms with Gasteiger partial charge in [0.2, 0.25) is 5.91 Å². The van der Waals surface area contributed by atoms with Crippen LogP contribution in [0.15, 0.2) is 35.5 Å². The van der Waals surface area contributed by atoms with E-state index < -0.39 is 0 Å². The third-order valence-electron chi connectivity index (χ3n) is 4.68. The molecular weight excluding hydrogens is 290 g/mol. The van der Waals surface area contributed by atoms with Gasteiger partial charge in [0, 0.05) is 30.0 Å². The van der Waals surface area contributed by atoms with Crippen molar-refractivity contribution in [2.24, 2.45) is 0 Å². The van der Waals surface area contributed by atoms with Crippen LogP contribution < -0.4 is 10.1 Å². The van der Waals surface area contributed by atoms with Crippen molar-refractivity contribution >= 4 is 11.7 Å². The minimum atomic E-state index is -0.121. The summed E-state index contributed by atoms with van der Waals surface area (Å²) in [7, 11) is 0. The van der Waals surface area contributed by atoms with Crippen molar-refractivity contribution in [2.45, 2.75) is 58.0 Å². The number of amides is 1. The van der Waals surface area contributed by atoms with Crippen molar-refractivity contribution < 1.29 is 14.3 Å². The Balaban J connectivity index is 1.87. The van der Waals surface area contributed by atoms with E-state index in [1.54, 1.807) is 0 Å². The van der Waals surface area contributed by atoms with Crippen LogP contribution in [0.25, 0.3) is 0 Å². The first-order valence-electron chi connectivity index (χ1n) is 8.41. The lowest BCUT2D eigenvalue weighted by molar-refractivity contribution is -0.122. The van der Waals surface area contributed by atoms with Crippen LogP contribution in [0.3, 0.4) is 0 Å². The number of rotatable bonds is 4. The molecule has 0 saturated heterocycles. The quantitative estimate of drug-likeness (QED) is 0.926. The summed E-state index contributed by atoms with van der Waals surface area (Å²) in [6.45, 7) is 4.12. The van der Waals surface area contributed by atoms with Gasteiger partial charge in [0.1, 0.15) is 5.75 Å². The van der Waals surface area contributed by atoms with Crippen molar-refractivity contribution in [3.8, 4) is 5.75 Å². The van der Waals surface area contributed by atoms with Gasteiger partial charge in [-0.3, -0.25) is 9.59 Å². The lowest BCUT2D eigenvalue weighted by atomic mass is 9.78. The Bertz CT molecular complexity index is 645. The van der Waals surface area contributed by atoms with Crippen LogP contribution >= 0.6 is 0 Å². The zero-order chi connectivity index (χ0) is 16.4. The lowest BCUT2D eigenvalue weighted by Crippen LogP contribution is -2.36. The van der Waals surface area contributed by atoms with Crippen molar-refractivity contribution in [1.82, 2.24) is 5.32 Å². The van der Waals surface area contributed by atoms with Crippen LogP contribution in [0.2, 0.25) is 0 Å². The molecule has 0 fully saturated rings. The molecular formula is C19H23NO3. The fourth-order valence-corrected chi connectivity index (χ4v) is 3.28. The maximum Gasteiger partial charge on any atom is 0.225 e. The molecule has 3 rings (SSSR count). The number of carbonyl (C=O) groups excluding carboxylic acids is 2. The molecule has 0 saturated carbocycles. The molecule has 1 aliphatic heterocycles. The number of ether oxygens (including phenoxy) is 1. The molecule has 1 N–H and O–H groups in total. The molecule has 1 aromatic rings. The van der Waals surface area contributed by atoms with Gasteiger partial charge >= 0.3 is 0 Å². The zero-order valence-electron chi connectivity index (χ0n) is 13.7. The standard InChI is InChI=1S/C19H23NO3/c1-3-12(2)23-14-9-7-13(8-10-14)15-11-18(22)20-16-5-4-6-17(21)19(15)16/h7-10,12,15H,3-6,11H2,1-2H3,(H,20,22)/t12-,15+/m1/s1. The normalized spacial score (nSPS) is 22.4. The number of allylic oxidation sites excluding steroid dienone is 2. The molecule has 2 aliphatic rings. The number of hydrogen-bond donors (Lipinski definition) is 1. The molecule has 23 heavy (non-hydrogen) atoms. The first kappa shape index (κ1) is 15.8. The Labute approximate surface area is 136 Å². The molecule has 4 nitrogen and oxygen atoms in total. The number of Topliss-reactive ketones (excluding diaryl/α,β-unsaturated/α-hetero) is 1. The monoisotopic (exact) mass is 313 g/mol. The summed E-state index contributed by atoms with van der Waals surface area (Å²) in [5.74, 6) is 0.885.